The fourth-order valence-corrected chi connectivity index (χ4v) is 1.51. The van der Waals surface area contributed by atoms with Gasteiger partial charge in [-0.25, -0.2) is 9.97 Å². The molecule has 0 saturated heterocycles. The quantitative estimate of drug-likeness (QED) is 0.774. The molecule has 1 aromatic heterocycles. The Hall–Kier alpha value is -1.62. The van der Waals surface area contributed by atoms with Crippen LogP contribution in [-0.2, 0) is 6.18 Å². The Morgan fingerprint density at radius 2 is 1.82 bits per heavy atom. The first-order chi connectivity index (χ1) is 10.0. The standard InChI is InChI=1S/C11H13F6N3O2/c12-10(13,14)2-4-20(5-7(22)6-21)9-18-3-1-8(19-9)11(15,16)17/h1,3,7,21-22H,2,4-6H2/t7-/m0/s1. The van der Waals surface area contributed by atoms with Crippen molar-refractivity contribution >= 4 is 5.95 Å². The van der Waals surface area contributed by atoms with Crippen LogP contribution in [0.2, 0.25) is 0 Å². The van der Waals surface area contributed by atoms with E-state index in [2.05, 4.69) is 9.97 Å². The second-order valence-corrected chi connectivity index (χ2v) is 4.39. The second kappa shape index (κ2) is 7.09. The fourth-order valence-electron chi connectivity index (χ4n) is 1.51. The van der Waals surface area contributed by atoms with Gasteiger partial charge in [0.25, 0.3) is 0 Å². The molecular weight excluding hydrogens is 320 g/mol. The Morgan fingerprint density at radius 1 is 1.18 bits per heavy atom. The largest absolute Gasteiger partial charge is 0.433 e. The maximum atomic E-state index is 12.6. The number of rotatable bonds is 6. The van der Waals surface area contributed by atoms with Gasteiger partial charge < -0.3 is 15.1 Å². The van der Waals surface area contributed by atoms with E-state index in [1.54, 1.807) is 0 Å². The van der Waals surface area contributed by atoms with E-state index in [0.29, 0.717) is 6.07 Å². The van der Waals surface area contributed by atoms with Crippen molar-refractivity contribution in [2.45, 2.75) is 24.9 Å². The van der Waals surface area contributed by atoms with Crippen molar-refractivity contribution in [1.82, 2.24) is 9.97 Å². The fraction of sp³-hybridized carbons (Fsp3) is 0.636. The third-order valence-corrected chi connectivity index (χ3v) is 2.52. The molecule has 1 atom stereocenters. The number of aliphatic hydroxyl groups is 2. The highest BCUT2D eigenvalue weighted by molar-refractivity contribution is 5.31. The molecule has 126 valence electrons. The molecule has 1 aromatic rings. The lowest BCUT2D eigenvalue weighted by atomic mass is 10.3. The number of nitrogens with zero attached hydrogens (tertiary/aromatic N) is 3. The van der Waals surface area contributed by atoms with Crippen LogP contribution in [0.25, 0.3) is 0 Å². The maximum absolute atomic E-state index is 12.6. The Balaban J connectivity index is 2.99. The Kier molecular flexibility index (Phi) is 5.94. The van der Waals surface area contributed by atoms with Crippen LogP contribution in [0.5, 0.6) is 0 Å². The molecule has 0 aromatic carbocycles. The third-order valence-electron chi connectivity index (χ3n) is 2.52. The van der Waals surface area contributed by atoms with Crippen molar-refractivity contribution in [3.8, 4) is 0 Å². The van der Waals surface area contributed by atoms with Gasteiger partial charge in [-0.2, -0.15) is 26.3 Å². The van der Waals surface area contributed by atoms with E-state index in [9.17, 15) is 31.4 Å². The molecule has 0 fully saturated rings. The molecule has 11 heteroatoms. The second-order valence-electron chi connectivity index (χ2n) is 4.39. The molecule has 0 saturated carbocycles. The average molecular weight is 333 g/mol. The van der Waals surface area contributed by atoms with Gasteiger partial charge in [0.15, 0.2) is 0 Å². The number of alkyl halides is 6. The van der Waals surface area contributed by atoms with Crippen LogP contribution in [0.1, 0.15) is 12.1 Å². The first-order valence-electron chi connectivity index (χ1n) is 6.04. The Morgan fingerprint density at radius 3 is 2.32 bits per heavy atom. The van der Waals surface area contributed by atoms with Crippen molar-refractivity contribution in [2.24, 2.45) is 0 Å². The topological polar surface area (TPSA) is 69.5 Å². The van der Waals surface area contributed by atoms with Crippen molar-refractivity contribution in [1.29, 1.82) is 0 Å². The molecule has 1 heterocycles. The van der Waals surface area contributed by atoms with Gasteiger partial charge in [-0.15, -0.1) is 0 Å². The number of hydrogen-bond acceptors (Lipinski definition) is 5. The summed E-state index contributed by atoms with van der Waals surface area (Å²) in [6.07, 6.45) is -11.3. The van der Waals surface area contributed by atoms with Crippen molar-refractivity contribution < 1.29 is 36.6 Å². The molecule has 0 aliphatic carbocycles. The van der Waals surface area contributed by atoms with E-state index < -0.39 is 56.2 Å². The first kappa shape index (κ1) is 18.4. The highest BCUT2D eigenvalue weighted by Crippen LogP contribution is 2.28. The van der Waals surface area contributed by atoms with E-state index in [4.69, 9.17) is 5.11 Å². The lowest BCUT2D eigenvalue weighted by Crippen LogP contribution is -2.38. The summed E-state index contributed by atoms with van der Waals surface area (Å²) < 4.78 is 74.5. The minimum atomic E-state index is -4.77. The highest BCUT2D eigenvalue weighted by atomic mass is 19.4. The van der Waals surface area contributed by atoms with Crippen LogP contribution in [0.15, 0.2) is 12.3 Å². The summed E-state index contributed by atoms with van der Waals surface area (Å²) in [6, 6.07) is 0.577. The van der Waals surface area contributed by atoms with Gasteiger partial charge in [0.1, 0.15) is 5.69 Å². The SMILES string of the molecule is OC[C@@H](O)CN(CCC(F)(F)F)c1nccc(C(F)(F)F)n1. The van der Waals surface area contributed by atoms with Crippen LogP contribution < -0.4 is 4.90 Å². The highest BCUT2D eigenvalue weighted by Gasteiger charge is 2.34. The Labute approximate surface area is 121 Å². The number of anilines is 1. The first-order valence-corrected chi connectivity index (χ1v) is 6.04. The third kappa shape index (κ3) is 6.02. The predicted octanol–water partition coefficient (Wildman–Crippen LogP) is 1.61. The Bertz CT molecular complexity index is 480. The van der Waals surface area contributed by atoms with E-state index >= 15 is 0 Å². The van der Waals surface area contributed by atoms with Crippen molar-refractivity contribution in [3.63, 3.8) is 0 Å². The van der Waals surface area contributed by atoms with Gasteiger partial charge in [0.05, 0.1) is 19.1 Å². The van der Waals surface area contributed by atoms with Crippen LogP contribution in [0.4, 0.5) is 32.3 Å². The summed E-state index contributed by atoms with van der Waals surface area (Å²) in [6.45, 7) is -2.04. The van der Waals surface area contributed by atoms with Gasteiger partial charge in [-0.05, 0) is 6.07 Å². The summed E-state index contributed by atoms with van der Waals surface area (Å²) >= 11 is 0. The summed E-state index contributed by atoms with van der Waals surface area (Å²) in [5, 5.41) is 18.0. The molecule has 0 radical (unpaired) electrons. The minimum Gasteiger partial charge on any atom is -0.394 e. The lowest BCUT2D eigenvalue weighted by Gasteiger charge is -2.25. The summed E-state index contributed by atoms with van der Waals surface area (Å²) in [5.41, 5.74) is -1.31. The van der Waals surface area contributed by atoms with Crippen molar-refractivity contribution in [3.05, 3.63) is 18.0 Å². The lowest BCUT2D eigenvalue weighted by molar-refractivity contribution is -0.141. The van der Waals surface area contributed by atoms with Crippen LogP contribution >= 0.6 is 0 Å². The molecule has 2 N–H and O–H groups in total. The van der Waals surface area contributed by atoms with Crippen LogP contribution in [-0.4, -0.2) is 52.2 Å². The molecule has 0 aliphatic rings. The molecule has 1 rings (SSSR count). The van der Waals surface area contributed by atoms with Gasteiger partial charge >= 0.3 is 12.4 Å². The summed E-state index contributed by atoms with van der Waals surface area (Å²) in [7, 11) is 0. The number of halogens is 6. The smallest absolute Gasteiger partial charge is 0.394 e. The average Bonchev–Trinajstić information content (AvgIpc) is 2.41. The number of hydrogen-bond donors (Lipinski definition) is 2. The predicted molar refractivity (Wildman–Crippen MR) is 63.0 cm³/mol. The maximum Gasteiger partial charge on any atom is 0.433 e. The number of aliphatic hydroxyl groups excluding tert-OH is 2. The molecule has 0 unspecified atom stereocenters. The summed E-state index contributed by atoms with van der Waals surface area (Å²) in [4.78, 5) is 7.40. The zero-order chi connectivity index (χ0) is 17.0. The number of aromatic nitrogens is 2. The zero-order valence-corrected chi connectivity index (χ0v) is 11.1. The minimum absolute atomic E-state index is 0.534. The molecule has 0 aliphatic heterocycles. The van der Waals surface area contributed by atoms with Crippen LogP contribution in [0, 0.1) is 0 Å². The van der Waals surface area contributed by atoms with E-state index in [1.165, 1.54) is 0 Å². The normalized spacial score (nSPS) is 14.0. The summed E-state index contributed by atoms with van der Waals surface area (Å²) in [5.74, 6) is -0.605. The van der Waals surface area contributed by atoms with Crippen LogP contribution in [0.3, 0.4) is 0 Å². The van der Waals surface area contributed by atoms with E-state index in [-0.39, 0.29) is 0 Å². The van der Waals surface area contributed by atoms with Gasteiger partial charge in [-0.1, -0.05) is 0 Å². The molecule has 5 nitrogen and oxygen atoms in total. The molecule has 0 spiro atoms. The van der Waals surface area contributed by atoms with E-state index in [1.807, 2.05) is 0 Å². The van der Waals surface area contributed by atoms with Crippen molar-refractivity contribution in [2.75, 3.05) is 24.6 Å². The monoisotopic (exact) mass is 333 g/mol. The molecule has 0 amide bonds. The molecule has 0 bridgehead atoms. The molecular formula is C11H13F6N3O2. The van der Waals surface area contributed by atoms with Gasteiger partial charge in [0, 0.05) is 19.3 Å². The van der Waals surface area contributed by atoms with Gasteiger partial charge in [-0.3, -0.25) is 0 Å². The zero-order valence-electron chi connectivity index (χ0n) is 11.1. The van der Waals surface area contributed by atoms with E-state index in [0.717, 1.165) is 11.1 Å². The van der Waals surface area contributed by atoms with Gasteiger partial charge in [0.2, 0.25) is 5.95 Å². The molecule has 22 heavy (non-hydrogen) atoms.